The first-order chi connectivity index (χ1) is 9.48. The highest BCUT2D eigenvalue weighted by Gasteiger charge is 2.40. The fourth-order valence-electron chi connectivity index (χ4n) is 2.58. The first kappa shape index (κ1) is 14.7. The summed E-state index contributed by atoms with van der Waals surface area (Å²) in [4.78, 5) is 24.4. The van der Waals surface area contributed by atoms with Crippen LogP contribution in [0.3, 0.4) is 0 Å². The van der Waals surface area contributed by atoms with Gasteiger partial charge in [-0.2, -0.15) is 0 Å². The molecule has 3 N–H and O–H groups in total. The number of anilines is 1. The predicted molar refractivity (Wildman–Crippen MR) is 77.1 cm³/mol. The van der Waals surface area contributed by atoms with E-state index in [0.29, 0.717) is 18.1 Å². The first-order valence-electron chi connectivity index (χ1n) is 6.70. The average molecular weight is 278 g/mol. The zero-order chi connectivity index (χ0) is 14.8. The number of carbonyl (C=O) groups excluding carboxylic acids is 1. The Morgan fingerprint density at radius 2 is 2.10 bits per heavy atom. The lowest BCUT2D eigenvalue weighted by molar-refractivity contribution is 0.0250. The smallest absolute Gasteiger partial charge is 0.273 e. The number of likely N-dealkylation sites (N-methyl/N-ethyl adjacent to an activating group) is 2. The zero-order valence-electron chi connectivity index (χ0n) is 12.3. The van der Waals surface area contributed by atoms with Crippen LogP contribution < -0.4 is 11.3 Å². The van der Waals surface area contributed by atoms with E-state index < -0.39 is 0 Å². The minimum absolute atomic E-state index is 0.0988. The van der Waals surface area contributed by atoms with Crippen molar-refractivity contribution in [2.75, 3.05) is 33.1 Å². The molecule has 1 aliphatic carbocycles. The predicted octanol–water partition coefficient (Wildman–Crippen LogP) is 0.319. The van der Waals surface area contributed by atoms with Crippen molar-refractivity contribution < 1.29 is 4.79 Å². The van der Waals surface area contributed by atoms with Crippen LogP contribution in [0.4, 0.5) is 5.82 Å². The molecule has 20 heavy (non-hydrogen) atoms. The third kappa shape index (κ3) is 2.73. The Hall–Kier alpha value is -1.73. The molecule has 0 atom stereocenters. The lowest BCUT2D eigenvalue weighted by Gasteiger charge is -2.49. The van der Waals surface area contributed by atoms with Gasteiger partial charge < -0.3 is 15.2 Å². The van der Waals surface area contributed by atoms with Crippen molar-refractivity contribution >= 4 is 11.7 Å². The molecule has 1 aliphatic rings. The molecule has 0 radical (unpaired) electrons. The average Bonchev–Trinajstić information content (AvgIpc) is 2.41. The summed E-state index contributed by atoms with van der Waals surface area (Å²) in [6.07, 6.45) is 6.39. The molecule has 1 saturated carbocycles. The first-order valence-corrected chi connectivity index (χ1v) is 6.70. The van der Waals surface area contributed by atoms with E-state index >= 15 is 0 Å². The number of nitrogen functional groups attached to an aromatic ring is 1. The third-order valence-electron chi connectivity index (χ3n) is 4.11. The van der Waals surface area contributed by atoms with E-state index in [-0.39, 0.29) is 11.4 Å². The molecule has 0 aromatic carbocycles. The Morgan fingerprint density at radius 3 is 2.60 bits per heavy atom. The van der Waals surface area contributed by atoms with E-state index in [9.17, 15) is 4.79 Å². The van der Waals surface area contributed by atoms with Crippen molar-refractivity contribution in [3.8, 4) is 0 Å². The number of nitrogens with one attached hydrogen (secondary N) is 1. The standard InChI is InChI=1S/C13H22N6O/c1-18(2)13(5-4-6-13)9-19(3)12(20)10-7-15-8-11(16-10)17-14/h7-8H,4-6,9,14H2,1-3H3,(H,16,17). The number of nitrogens with zero attached hydrogens (tertiary/aromatic N) is 4. The molecule has 7 nitrogen and oxygen atoms in total. The molecule has 1 aromatic heterocycles. The van der Waals surface area contributed by atoms with Crippen LogP contribution in [0.2, 0.25) is 0 Å². The SMILES string of the molecule is CN(CC1(N(C)C)CCC1)C(=O)c1cncc(NN)n1. The largest absolute Gasteiger partial charge is 0.338 e. The number of aromatic nitrogens is 2. The van der Waals surface area contributed by atoms with Crippen molar-refractivity contribution in [1.82, 2.24) is 19.8 Å². The van der Waals surface area contributed by atoms with E-state index in [0.717, 1.165) is 12.8 Å². The zero-order valence-corrected chi connectivity index (χ0v) is 12.3. The van der Waals surface area contributed by atoms with Gasteiger partial charge in [0.1, 0.15) is 5.69 Å². The van der Waals surface area contributed by atoms with Gasteiger partial charge in [0, 0.05) is 19.1 Å². The number of carbonyl (C=O) groups is 1. The van der Waals surface area contributed by atoms with E-state index in [2.05, 4.69) is 34.4 Å². The monoisotopic (exact) mass is 278 g/mol. The van der Waals surface area contributed by atoms with Crippen molar-refractivity contribution in [1.29, 1.82) is 0 Å². The Morgan fingerprint density at radius 1 is 1.40 bits per heavy atom. The van der Waals surface area contributed by atoms with Gasteiger partial charge in [-0.3, -0.25) is 9.78 Å². The molecular weight excluding hydrogens is 256 g/mol. The Labute approximate surface area is 119 Å². The number of hydrogen-bond acceptors (Lipinski definition) is 6. The number of hydrazine groups is 1. The maximum absolute atomic E-state index is 12.4. The molecular formula is C13H22N6O. The van der Waals surface area contributed by atoms with Crippen molar-refractivity contribution in [3.63, 3.8) is 0 Å². The van der Waals surface area contributed by atoms with Gasteiger partial charge in [0.2, 0.25) is 0 Å². The Kier molecular flexibility index (Phi) is 4.20. The summed E-state index contributed by atoms with van der Waals surface area (Å²) >= 11 is 0. The molecule has 0 saturated heterocycles. The number of rotatable bonds is 5. The molecule has 1 fully saturated rings. The lowest BCUT2D eigenvalue weighted by Crippen LogP contribution is -2.57. The number of amides is 1. The molecule has 0 spiro atoms. The van der Waals surface area contributed by atoms with Gasteiger partial charge in [-0.1, -0.05) is 0 Å². The van der Waals surface area contributed by atoms with E-state index in [4.69, 9.17) is 5.84 Å². The number of nitrogens with two attached hydrogens (primary N) is 1. The summed E-state index contributed by atoms with van der Waals surface area (Å²) in [5.41, 5.74) is 2.80. The van der Waals surface area contributed by atoms with Gasteiger partial charge in [-0.05, 0) is 33.4 Å². The molecule has 110 valence electrons. The highest BCUT2D eigenvalue weighted by atomic mass is 16.2. The van der Waals surface area contributed by atoms with Gasteiger partial charge >= 0.3 is 0 Å². The Bertz CT molecular complexity index is 486. The van der Waals surface area contributed by atoms with Crippen LogP contribution in [0.15, 0.2) is 12.4 Å². The lowest BCUT2D eigenvalue weighted by atomic mass is 9.75. The summed E-state index contributed by atoms with van der Waals surface area (Å²) in [5, 5.41) is 0. The van der Waals surface area contributed by atoms with Gasteiger partial charge in [0.05, 0.1) is 12.4 Å². The summed E-state index contributed by atoms with van der Waals surface area (Å²) in [6, 6.07) is 0. The van der Waals surface area contributed by atoms with Crippen LogP contribution >= 0.6 is 0 Å². The fraction of sp³-hybridized carbons (Fsp3) is 0.615. The second-order valence-corrected chi connectivity index (χ2v) is 5.57. The summed E-state index contributed by atoms with van der Waals surface area (Å²) in [6.45, 7) is 0.695. The van der Waals surface area contributed by atoms with Gasteiger partial charge in [-0.25, -0.2) is 10.8 Å². The molecule has 2 rings (SSSR count). The van der Waals surface area contributed by atoms with Crippen LogP contribution in [0.1, 0.15) is 29.8 Å². The minimum Gasteiger partial charge on any atom is -0.338 e. The molecule has 0 bridgehead atoms. The normalized spacial score (nSPS) is 16.6. The summed E-state index contributed by atoms with van der Waals surface area (Å²) in [5.74, 6) is 5.53. The second kappa shape index (κ2) is 5.72. The molecule has 0 unspecified atom stereocenters. The molecule has 0 aliphatic heterocycles. The third-order valence-corrected chi connectivity index (χ3v) is 4.11. The van der Waals surface area contributed by atoms with Crippen LogP contribution in [0.5, 0.6) is 0 Å². The molecule has 7 heteroatoms. The van der Waals surface area contributed by atoms with Gasteiger partial charge in [-0.15, -0.1) is 0 Å². The van der Waals surface area contributed by atoms with Crippen LogP contribution in [-0.2, 0) is 0 Å². The minimum atomic E-state index is -0.136. The quantitative estimate of drug-likeness (QED) is 0.596. The summed E-state index contributed by atoms with van der Waals surface area (Å²) in [7, 11) is 5.93. The highest BCUT2D eigenvalue weighted by molar-refractivity contribution is 5.92. The fourth-order valence-corrected chi connectivity index (χ4v) is 2.58. The van der Waals surface area contributed by atoms with E-state index in [1.54, 1.807) is 11.9 Å². The summed E-state index contributed by atoms with van der Waals surface area (Å²) < 4.78 is 0. The molecule has 1 amide bonds. The highest BCUT2D eigenvalue weighted by Crippen LogP contribution is 2.36. The Balaban J connectivity index is 2.08. The maximum Gasteiger partial charge on any atom is 0.273 e. The van der Waals surface area contributed by atoms with E-state index in [1.807, 2.05) is 0 Å². The van der Waals surface area contributed by atoms with Gasteiger partial charge in [0.15, 0.2) is 5.82 Å². The second-order valence-electron chi connectivity index (χ2n) is 5.57. The van der Waals surface area contributed by atoms with Crippen LogP contribution in [0.25, 0.3) is 0 Å². The number of hydrogen-bond donors (Lipinski definition) is 2. The van der Waals surface area contributed by atoms with Crippen molar-refractivity contribution in [2.45, 2.75) is 24.8 Å². The van der Waals surface area contributed by atoms with Crippen molar-refractivity contribution in [2.24, 2.45) is 5.84 Å². The molecule has 1 heterocycles. The van der Waals surface area contributed by atoms with Crippen LogP contribution in [0, 0.1) is 0 Å². The van der Waals surface area contributed by atoms with E-state index in [1.165, 1.54) is 18.8 Å². The topological polar surface area (TPSA) is 87.4 Å². The maximum atomic E-state index is 12.4. The van der Waals surface area contributed by atoms with Gasteiger partial charge in [0.25, 0.3) is 5.91 Å². The molecule has 1 aromatic rings. The van der Waals surface area contributed by atoms with Crippen molar-refractivity contribution in [3.05, 3.63) is 18.1 Å². The van der Waals surface area contributed by atoms with Crippen LogP contribution in [-0.4, -0.2) is 58.9 Å².